The molecule has 0 saturated carbocycles. The second-order valence-corrected chi connectivity index (χ2v) is 9.60. The first-order chi connectivity index (χ1) is 21.3. The number of aliphatic imine (C=N–C) groups is 1. The highest BCUT2D eigenvalue weighted by Crippen LogP contribution is 2.44. The molecule has 12 nitrogen and oxygen atoms in total. The van der Waals surface area contributed by atoms with Crippen LogP contribution < -0.4 is 22.1 Å². The van der Waals surface area contributed by atoms with Gasteiger partial charge in [-0.2, -0.15) is 0 Å². The Labute approximate surface area is 259 Å². The third-order valence-corrected chi connectivity index (χ3v) is 6.06. The predicted octanol–water partition coefficient (Wildman–Crippen LogP) is 3.70. The van der Waals surface area contributed by atoms with Crippen LogP contribution in [-0.2, 0) is 14.4 Å². The van der Waals surface area contributed by atoms with Gasteiger partial charge >= 0.3 is 0 Å². The average molecular weight is 608 g/mol. The lowest BCUT2D eigenvalue weighted by atomic mass is 10.0. The van der Waals surface area contributed by atoms with Crippen LogP contribution in [0, 0.1) is 0 Å². The van der Waals surface area contributed by atoms with Crippen LogP contribution in [0.3, 0.4) is 0 Å². The third-order valence-electron chi connectivity index (χ3n) is 6.06. The van der Waals surface area contributed by atoms with Gasteiger partial charge in [-0.05, 0) is 57.7 Å². The molecule has 0 radical (unpaired) electrons. The molecule has 0 spiro atoms. The highest BCUT2D eigenvalue weighted by atomic mass is 16.2. The number of benzene rings is 1. The van der Waals surface area contributed by atoms with Gasteiger partial charge < -0.3 is 41.4 Å². The van der Waals surface area contributed by atoms with E-state index >= 15 is 0 Å². The molecule has 0 aliphatic carbocycles. The normalized spacial score (nSPS) is 9.95. The molecule has 3 aromatic rings. The first kappa shape index (κ1) is 37.2. The summed E-state index contributed by atoms with van der Waals surface area (Å²) in [5.74, 6) is -0.549. The molecular weight excluding hydrogens is 562 g/mol. The zero-order valence-corrected chi connectivity index (χ0v) is 26.0. The van der Waals surface area contributed by atoms with Gasteiger partial charge in [0.1, 0.15) is 18.3 Å². The monoisotopic (exact) mass is 607 g/mol. The van der Waals surface area contributed by atoms with Gasteiger partial charge in [-0.15, -0.1) is 0 Å². The van der Waals surface area contributed by atoms with Crippen LogP contribution in [0.25, 0.3) is 22.5 Å². The van der Waals surface area contributed by atoms with Crippen LogP contribution in [0.15, 0.2) is 59.7 Å². The first-order valence-electron chi connectivity index (χ1n) is 14.4. The molecule has 0 aliphatic heterocycles. The van der Waals surface area contributed by atoms with Crippen molar-refractivity contribution in [2.45, 2.75) is 58.9 Å². The standard InChI is InChI=1S/C29H37N7O3.C2H4O.CH4O/c1-20(2)36-26(21-12-4-3-5-13-21)24(22-14-6-8-16-32-22)25(35-23(38)15-7-11-19-37)27(36)28(39)33-17-9-10-18-34-29(30)31;1-2-3;1-2/h3-6,8,12-14,16,19-20H,7,9-11,15,17-18H2,1-2H3,(H,33,39)(H,35,38)(H4,30,31,34);2H,1H3;2H,1H3. The number of aromatic nitrogens is 2. The van der Waals surface area contributed by atoms with Crippen molar-refractivity contribution in [2.24, 2.45) is 16.5 Å². The van der Waals surface area contributed by atoms with E-state index in [-0.39, 0.29) is 36.7 Å². The maximum atomic E-state index is 13.8. The van der Waals surface area contributed by atoms with Crippen LogP contribution in [0.2, 0.25) is 0 Å². The number of hydrogen-bond donors (Lipinski definition) is 5. The van der Waals surface area contributed by atoms with Gasteiger partial charge in [-0.25, -0.2) is 0 Å². The number of pyridine rings is 1. The van der Waals surface area contributed by atoms with Crippen LogP contribution in [0.4, 0.5) is 5.69 Å². The van der Waals surface area contributed by atoms with Crippen molar-refractivity contribution in [2.75, 3.05) is 25.5 Å². The van der Waals surface area contributed by atoms with Crippen molar-refractivity contribution in [3.8, 4) is 22.5 Å². The third kappa shape index (κ3) is 11.4. The van der Waals surface area contributed by atoms with Crippen LogP contribution >= 0.6 is 0 Å². The van der Waals surface area contributed by atoms with E-state index in [4.69, 9.17) is 21.4 Å². The Kier molecular flexibility index (Phi) is 17.7. The van der Waals surface area contributed by atoms with E-state index in [9.17, 15) is 14.4 Å². The number of aldehydes is 2. The van der Waals surface area contributed by atoms with Crippen molar-refractivity contribution >= 4 is 36.0 Å². The summed E-state index contributed by atoms with van der Waals surface area (Å²) in [5, 5.41) is 13.0. The zero-order valence-electron chi connectivity index (χ0n) is 26.0. The maximum absolute atomic E-state index is 13.8. The van der Waals surface area contributed by atoms with Gasteiger partial charge in [0.2, 0.25) is 5.91 Å². The molecule has 2 aromatic heterocycles. The van der Waals surface area contributed by atoms with Gasteiger partial charge in [0.15, 0.2) is 5.96 Å². The Morgan fingerprint density at radius 3 is 2.25 bits per heavy atom. The summed E-state index contributed by atoms with van der Waals surface area (Å²) < 4.78 is 1.95. The molecule has 2 amide bonds. The lowest BCUT2D eigenvalue weighted by Crippen LogP contribution is -2.29. The van der Waals surface area contributed by atoms with Gasteiger partial charge in [0.25, 0.3) is 5.91 Å². The number of nitrogens with zero attached hydrogens (tertiary/aromatic N) is 3. The molecule has 0 fully saturated rings. The number of carbonyl (C=O) groups excluding carboxylic acids is 4. The van der Waals surface area contributed by atoms with Crippen LogP contribution in [-0.4, -0.2) is 65.2 Å². The minimum Gasteiger partial charge on any atom is -0.400 e. The number of rotatable bonds is 14. The Balaban J connectivity index is 0.00000182. The quantitative estimate of drug-likeness (QED) is 0.0791. The van der Waals surface area contributed by atoms with Crippen molar-refractivity contribution in [3.63, 3.8) is 0 Å². The number of unbranched alkanes of at least 4 members (excludes halogenated alkanes) is 2. The lowest BCUT2D eigenvalue weighted by Gasteiger charge is -2.18. The molecule has 0 unspecified atom stereocenters. The Morgan fingerprint density at radius 1 is 1.02 bits per heavy atom. The molecule has 0 atom stereocenters. The fourth-order valence-corrected chi connectivity index (χ4v) is 4.37. The summed E-state index contributed by atoms with van der Waals surface area (Å²) in [5.41, 5.74) is 14.5. The molecule has 0 saturated heterocycles. The Hall–Kier alpha value is -4.84. The molecular formula is C32H45N7O5. The van der Waals surface area contributed by atoms with Crippen LogP contribution in [0.5, 0.6) is 0 Å². The topological polar surface area (TPSA) is 195 Å². The van der Waals surface area contributed by atoms with E-state index in [2.05, 4.69) is 20.6 Å². The second kappa shape index (κ2) is 20.9. The SMILES string of the molecule is CC(C)n1c(C(=O)NCCCCN=C(N)N)c(NC(=O)CCCC=O)c(-c2ccccn2)c1-c1ccccc1.CC=O.CO. The summed E-state index contributed by atoms with van der Waals surface area (Å²) in [7, 11) is 1.00. The summed E-state index contributed by atoms with van der Waals surface area (Å²) in [6.07, 6.45) is 5.47. The number of amides is 2. The number of aliphatic hydroxyl groups is 1. The smallest absolute Gasteiger partial charge is 0.270 e. The first-order valence-corrected chi connectivity index (χ1v) is 14.4. The number of nitrogens with one attached hydrogen (secondary N) is 2. The molecule has 0 bridgehead atoms. The zero-order chi connectivity index (χ0) is 32.9. The van der Waals surface area contributed by atoms with Crippen molar-refractivity contribution < 1.29 is 24.3 Å². The van der Waals surface area contributed by atoms with Crippen molar-refractivity contribution in [3.05, 3.63) is 60.4 Å². The lowest BCUT2D eigenvalue weighted by molar-refractivity contribution is -0.116. The second-order valence-electron chi connectivity index (χ2n) is 9.60. The van der Waals surface area contributed by atoms with Crippen molar-refractivity contribution in [1.29, 1.82) is 0 Å². The Bertz CT molecular complexity index is 1340. The molecule has 12 heteroatoms. The molecule has 3 rings (SSSR count). The summed E-state index contributed by atoms with van der Waals surface area (Å²) in [6, 6.07) is 15.2. The average Bonchev–Trinajstić information content (AvgIpc) is 3.36. The van der Waals surface area contributed by atoms with Gasteiger partial charge in [0, 0.05) is 45.3 Å². The molecule has 2 heterocycles. The minimum absolute atomic E-state index is 0.0396. The molecule has 0 aliphatic rings. The Morgan fingerprint density at radius 2 is 1.68 bits per heavy atom. The number of aliphatic hydroxyl groups excluding tert-OH is 1. The summed E-state index contributed by atoms with van der Waals surface area (Å²) >= 11 is 0. The number of anilines is 1. The fourth-order valence-electron chi connectivity index (χ4n) is 4.37. The molecule has 7 N–H and O–H groups in total. The minimum atomic E-state index is -0.312. The maximum Gasteiger partial charge on any atom is 0.270 e. The molecule has 238 valence electrons. The van der Waals surface area contributed by atoms with Crippen molar-refractivity contribution in [1.82, 2.24) is 14.9 Å². The van der Waals surface area contributed by atoms with Gasteiger partial charge in [0.05, 0.1) is 22.6 Å². The largest absolute Gasteiger partial charge is 0.400 e. The summed E-state index contributed by atoms with van der Waals surface area (Å²) in [4.78, 5) is 55.0. The molecule has 1 aromatic carbocycles. The van der Waals surface area contributed by atoms with E-state index < -0.39 is 0 Å². The van der Waals surface area contributed by atoms with Gasteiger partial charge in [-0.3, -0.25) is 19.6 Å². The van der Waals surface area contributed by atoms with Crippen LogP contribution in [0.1, 0.15) is 69.4 Å². The predicted molar refractivity (Wildman–Crippen MR) is 174 cm³/mol. The van der Waals surface area contributed by atoms with E-state index in [1.165, 1.54) is 6.92 Å². The van der Waals surface area contributed by atoms with E-state index in [1.807, 2.05) is 66.9 Å². The summed E-state index contributed by atoms with van der Waals surface area (Å²) in [6.45, 7) is 6.33. The van der Waals surface area contributed by atoms with Gasteiger partial charge in [-0.1, -0.05) is 36.4 Å². The highest BCUT2D eigenvalue weighted by Gasteiger charge is 2.31. The van der Waals surface area contributed by atoms with E-state index in [1.54, 1.807) is 6.20 Å². The number of carbonyl (C=O) groups is 4. The van der Waals surface area contributed by atoms with E-state index in [0.29, 0.717) is 55.0 Å². The number of guanidine groups is 1. The number of nitrogens with two attached hydrogens (primary N) is 2. The fraction of sp³-hybridized carbons (Fsp3) is 0.375. The number of hydrogen-bond acceptors (Lipinski definition) is 7. The van der Waals surface area contributed by atoms with E-state index in [0.717, 1.165) is 30.9 Å². The highest BCUT2D eigenvalue weighted by molar-refractivity contribution is 6.10. The molecule has 44 heavy (non-hydrogen) atoms.